The lowest BCUT2D eigenvalue weighted by Gasteiger charge is -2.24. The number of pyridine rings is 1. The number of rotatable bonds is 4. The number of esters is 1. The summed E-state index contributed by atoms with van der Waals surface area (Å²) < 4.78 is 5.04. The quantitative estimate of drug-likeness (QED) is 0.837. The molecule has 0 atom stereocenters. The van der Waals surface area contributed by atoms with Crippen LogP contribution in [-0.2, 0) is 11.3 Å². The first kappa shape index (κ1) is 16.7. The Balaban J connectivity index is 2.00. The maximum Gasteiger partial charge on any atom is 0.338 e. The van der Waals surface area contributed by atoms with E-state index in [-0.39, 0.29) is 11.4 Å². The number of fused-ring (bicyclic) bond motifs is 1. The molecule has 1 aromatic carbocycles. The monoisotopic (exact) mass is 329 g/mol. The highest BCUT2D eigenvalue weighted by molar-refractivity contribution is 5.94. The third kappa shape index (κ3) is 3.36. The first-order chi connectivity index (χ1) is 11.6. The van der Waals surface area contributed by atoms with Crippen LogP contribution >= 0.6 is 0 Å². The standard InChI is InChI=1S/C19H24N2O3/c1-3-24-19(23)14-7-8-17-15(11-14)18(22)16(13(2)20-17)12-21-9-5-4-6-10-21/h7-8,11H,3-6,9-10,12H2,1-2H3,(H,20,22)/p+1. The molecule has 0 aliphatic carbocycles. The first-order valence-corrected chi connectivity index (χ1v) is 8.76. The van der Waals surface area contributed by atoms with Crippen molar-refractivity contribution in [3.05, 3.63) is 45.2 Å². The summed E-state index contributed by atoms with van der Waals surface area (Å²) in [7, 11) is 0. The summed E-state index contributed by atoms with van der Waals surface area (Å²) in [6, 6.07) is 5.14. The zero-order chi connectivity index (χ0) is 17.1. The van der Waals surface area contributed by atoms with Crippen LogP contribution in [0.3, 0.4) is 0 Å². The predicted molar refractivity (Wildman–Crippen MR) is 93.5 cm³/mol. The Hall–Kier alpha value is -2.14. The predicted octanol–water partition coefficient (Wildman–Crippen LogP) is 1.58. The van der Waals surface area contributed by atoms with Gasteiger partial charge in [-0.3, -0.25) is 4.79 Å². The summed E-state index contributed by atoms with van der Waals surface area (Å²) in [5, 5.41) is 0.567. The second-order valence-electron chi connectivity index (χ2n) is 6.53. The Morgan fingerprint density at radius 3 is 2.71 bits per heavy atom. The van der Waals surface area contributed by atoms with Crippen LogP contribution in [-0.4, -0.2) is 30.6 Å². The van der Waals surface area contributed by atoms with E-state index in [1.54, 1.807) is 25.1 Å². The normalized spacial score (nSPS) is 15.6. The number of benzene rings is 1. The van der Waals surface area contributed by atoms with Crippen molar-refractivity contribution in [1.29, 1.82) is 0 Å². The fraction of sp³-hybridized carbons (Fsp3) is 0.474. The van der Waals surface area contributed by atoms with Gasteiger partial charge in [-0.25, -0.2) is 4.79 Å². The molecule has 0 bridgehead atoms. The van der Waals surface area contributed by atoms with Crippen LogP contribution in [0.1, 0.15) is 47.8 Å². The van der Waals surface area contributed by atoms with Crippen LogP contribution in [0, 0.1) is 6.92 Å². The summed E-state index contributed by atoms with van der Waals surface area (Å²) >= 11 is 0. The van der Waals surface area contributed by atoms with E-state index in [9.17, 15) is 9.59 Å². The largest absolute Gasteiger partial charge is 0.462 e. The molecule has 0 saturated carbocycles. The molecule has 2 N–H and O–H groups in total. The van der Waals surface area contributed by atoms with Crippen LogP contribution in [0.5, 0.6) is 0 Å². The zero-order valence-corrected chi connectivity index (χ0v) is 14.4. The zero-order valence-electron chi connectivity index (χ0n) is 14.4. The van der Waals surface area contributed by atoms with Gasteiger partial charge in [0.2, 0.25) is 0 Å². The molecule has 5 nitrogen and oxygen atoms in total. The summed E-state index contributed by atoms with van der Waals surface area (Å²) in [5.41, 5.74) is 2.98. The van der Waals surface area contributed by atoms with Gasteiger partial charge in [-0.1, -0.05) is 0 Å². The van der Waals surface area contributed by atoms with E-state index in [2.05, 4.69) is 4.98 Å². The summed E-state index contributed by atoms with van der Waals surface area (Å²) in [6.07, 6.45) is 3.75. The number of H-pyrrole nitrogens is 1. The number of likely N-dealkylation sites (tertiary alicyclic amines) is 1. The van der Waals surface area contributed by atoms with E-state index < -0.39 is 0 Å². The molecule has 0 spiro atoms. The molecule has 1 aliphatic rings. The maximum absolute atomic E-state index is 13.0. The van der Waals surface area contributed by atoms with Gasteiger partial charge in [0, 0.05) is 16.6 Å². The van der Waals surface area contributed by atoms with Gasteiger partial charge in [0.25, 0.3) is 0 Å². The molecule has 1 fully saturated rings. The van der Waals surface area contributed by atoms with Crippen molar-refractivity contribution in [2.45, 2.75) is 39.7 Å². The number of carbonyl (C=O) groups is 1. The Morgan fingerprint density at radius 1 is 1.25 bits per heavy atom. The van der Waals surface area contributed by atoms with Crippen LogP contribution in [0.4, 0.5) is 0 Å². The van der Waals surface area contributed by atoms with Crippen molar-refractivity contribution >= 4 is 16.9 Å². The van der Waals surface area contributed by atoms with Gasteiger partial charge in [0.1, 0.15) is 6.54 Å². The molecule has 24 heavy (non-hydrogen) atoms. The summed E-state index contributed by atoms with van der Waals surface area (Å²) in [4.78, 5) is 29.7. The van der Waals surface area contributed by atoms with E-state index in [1.165, 1.54) is 24.2 Å². The maximum atomic E-state index is 13.0. The van der Waals surface area contributed by atoms with Gasteiger partial charge in [-0.2, -0.15) is 0 Å². The minimum atomic E-state index is -0.386. The number of aromatic amines is 1. The van der Waals surface area contributed by atoms with Crippen molar-refractivity contribution in [2.75, 3.05) is 19.7 Å². The molecule has 3 rings (SSSR count). The molecular formula is C19H25N2O3+. The number of quaternary nitrogens is 1. The van der Waals surface area contributed by atoms with Gasteiger partial charge in [0.15, 0.2) is 5.43 Å². The highest BCUT2D eigenvalue weighted by Crippen LogP contribution is 2.14. The second-order valence-corrected chi connectivity index (χ2v) is 6.53. The first-order valence-electron chi connectivity index (χ1n) is 8.76. The molecule has 128 valence electrons. The van der Waals surface area contributed by atoms with Gasteiger partial charge in [0.05, 0.1) is 30.8 Å². The fourth-order valence-corrected chi connectivity index (χ4v) is 3.48. The van der Waals surface area contributed by atoms with Crippen molar-refractivity contribution in [2.24, 2.45) is 0 Å². The van der Waals surface area contributed by atoms with Gasteiger partial charge in [-0.15, -0.1) is 0 Å². The van der Waals surface area contributed by atoms with Crippen molar-refractivity contribution in [3.63, 3.8) is 0 Å². The Bertz CT molecular complexity index is 804. The fourth-order valence-electron chi connectivity index (χ4n) is 3.48. The molecule has 1 aliphatic heterocycles. The highest BCUT2D eigenvalue weighted by Gasteiger charge is 2.19. The second kappa shape index (κ2) is 7.18. The van der Waals surface area contributed by atoms with Crippen LogP contribution in [0.2, 0.25) is 0 Å². The average Bonchev–Trinajstić information content (AvgIpc) is 2.59. The summed E-state index contributed by atoms with van der Waals surface area (Å²) in [5.74, 6) is -0.386. The molecule has 0 amide bonds. The Morgan fingerprint density at radius 2 is 2.00 bits per heavy atom. The number of ether oxygens (including phenoxy) is 1. The number of piperidine rings is 1. The number of carbonyl (C=O) groups excluding carboxylic acids is 1. The van der Waals surface area contributed by atoms with Crippen molar-refractivity contribution in [1.82, 2.24) is 4.98 Å². The lowest BCUT2D eigenvalue weighted by Crippen LogP contribution is -3.11. The lowest BCUT2D eigenvalue weighted by atomic mass is 10.0. The minimum Gasteiger partial charge on any atom is -0.462 e. The van der Waals surface area contributed by atoms with E-state index in [4.69, 9.17) is 4.74 Å². The molecule has 2 aromatic rings. The van der Waals surface area contributed by atoms with Crippen molar-refractivity contribution < 1.29 is 14.4 Å². The number of nitrogens with one attached hydrogen (secondary N) is 2. The van der Waals surface area contributed by atoms with E-state index in [0.717, 1.165) is 36.4 Å². The highest BCUT2D eigenvalue weighted by atomic mass is 16.5. The lowest BCUT2D eigenvalue weighted by molar-refractivity contribution is -0.918. The molecular weight excluding hydrogens is 304 g/mol. The Kier molecular flexibility index (Phi) is 5.00. The smallest absolute Gasteiger partial charge is 0.338 e. The van der Waals surface area contributed by atoms with Gasteiger partial charge in [-0.05, 0) is 51.3 Å². The third-order valence-electron chi connectivity index (χ3n) is 4.81. The molecule has 2 heterocycles. The summed E-state index contributed by atoms with van der Waals surface area (Å²) in [6.45, 7) is 7.05. The van der Waals surface area contributed by atoms with E-state index >= 15 is 0 Å². The van der Waals surface area contributed by atoms with Crippen molar-refractivity contribution in [3.8, 4) is 0 Å². The van der Waals surface area contributed by atoms with E-state index in [0.29, 0.717) is 17.6 Å². The number of aromatic nitrogens is 1. The topological polar surface area (TPSA) is 63.6 Å². The minimum absolute atomic E-state index is 0.0328. The number of aryl methyl sites for hydroxylation is 1. The molecule has 1 saturated heterocycles. The van der Waals surface area contributed by atoms with E-state index in [1.807, 2.05) is 6.92 Å². The molecule has 5 heteroatoms. The van der Waals surface area contributed by atoms with Crippen LogP contribution in [0.25, 0.3) is 10.9 Å². The van der Waals surface area contributed by atoms with Gasteiger partial charge >= 0.3 is 5.97 Å². The molecule has 0 radical (unpaired) electrons. The van der Waals surface area contributed by atoms with Crippen LogP contribution < -0.4 is 10.3 Å². The molecule has 1 aromatic heterocycles. The van der Waals surface area contributed by atoms with Crippen LogP contribution in [0.15, 0.2) is 23.0 Å². The number of hydrogen-bond acceptors (Lipinski definition) is 3. The average molecular weight is 329 g/mol. The third-order valence-corrected chi connectivity index (χ3v) is 4.81. The number of hydrogen-bond donors (Lipinski definition) is 2. The van der Waals surface area contributed by atoms with Gasteiger partial charge < -0.3 is 14.6 Å². The molecule has 0 unspecified atom stereocenters. The Labute approximate surface area is 141 Å². The SMILES string of the molecule is CCOC(=O)c1ccc2[nH]c(C)c(C[NH+]3CCCCC3)c(=O)c2c1.